The minimum absolute atomic E-state index is 0.0598. The van der Waals surface area contributed by atoms with E-state index >= 15 is 0 Å². The van der Waals surface area contributed by atoms with Crippen molar-refractivity contribution in [3.8, 4) is 0 Å². The number of amides is 1. The molecule has 0 aliphatic carbocycles. The number of rotatable bonds is 5. The first kappa shape index (κ1) is 15.9. The average molecular weight is 332 g/mol. The van der Waals surface area contributed by atoms with Gasteiger partial charge in [0, 0.05) is 37.9 Å². The summed E-state index contributed by atoms with van der Waals surface area (Å²) in [7, 11) is 0. The highest BCUT2D eigenvalue weighted by atomic mass is 32.1. The molecule has 1 aliphatic rings. The number of morpholine rings is 1. The van der Waals surface area contributed by atoms with Crippen molar-refractivity contribution >= 4 is 22.4 Å². The first-order chi connectivity index (χ1) is 11.2. The Morgan fingerprint density at radius 2 is 2.22 bits per heavy atom. The lowest BCUT2D eigenvalue weighted by molar-refractivity contribution is 0.0957. The van der Waals surface area contributed by atoms with Gasteiger partial charge < -0.3 is 15.0 Å². The van der Waals surface area contributed by atoms with Gasteiger partial charge in [0.1, 0.15) is 4.88 Å². The van der Waals surface area contributed by atoms with Crippen LogP contribution in [0.25, 0.3) is 0 Å². The number of hydrogen-bond acceptors (Lipinski definition) is 6. The molecular weight excluding hydrogens is 312 g/mol. The van der Waals surface area contributed by atoms with Crippen LogP contribution in [-0.2, 0) is 11.2 Å². The van der Waals surface area contributed by atoms with Gasteiger partial charge >= 0.3 is 0 Å². The quantitative estimate of drug-likeness (QED) is 0.902. The van der Waals surface area contributed by atoms with Crippen LogP contribution < -0.4 is 10.2 Å². The lowest BCUT2D eigenvalue weighted by Crippen LogP contribution is -2.36. The van der Waals surface area contributed by atoms with Crippen molar-refractivity contribution in [2.24, 2.45) is 0 Å². The van der Waals surface area contributed by atoms with E-state index in [2.05, 4.69) is 20.2 Å². The van der Waals surface area contributed by atoms with E-state index in [1.165, 1.54) is 11.3 Å². The second-order valence-electron chi connectivity index (χ2n) is 5.34. The zero-order valence-corrected chi connectivity index (χ0v) is 13.9. The van der Waals surface area contributed by atoms with Gasteiger partial charge in [-0.3, -0.25) is 9.78 Å². The minimum atomic E-state index is -0.0598. The Morgan fingerprint density at radius 1 is 1.39 bits per heavy atom. The summed E-state index contributed by atoms with van der Waals surface area (Å²) in [6.45, 7) is 5.53. The Bertz CT molecular complexity index is 653. The Morgan fingerprint density at radius 3 is 2.96 bits per heavy atom. The first-order valence-corrected chi connectivity index (χ1v) is 8.54. The average Bonchev–Trinajstić information content (AvgIpc) is 2.98. The summed E-state index contributed by atoms with van der Waals surface area (Å²) in [4.78, 5) is 24.0. The fourth-order valence-electron chi connectivity index (χ4n) is 2.41. The molecule has 1 aliphatic heterocycles. The van der Waals surface area contributed by atoms with Crippen molar-refractivity contribution in [2.45, 2.75) is 13.3 Å². The van der Waals surface area contributed by atoms with Crippen molar-refractivity contribution in [1.82, 2.24) is 15.3 Å². The van der Waals surface area contributed by atoms with E-state index in [4.69, 9.17) is 4.74 Å². The maximum absolute atomic E-state index is 12.3. The standard InChI is InChI=1S/C16H20N4O2S/c1-12-14(23-16(19-12)20-8-10-22-11-9-20)15(21)18-7-5-13-4-2-3-6-17-13/h2-4,6H,5,7-11H2,1H3,(H,18,21). The molecule has 6 nitrogen and oxygen atoms in total. The highest BCUT2D eigenvalue weighted by Gasteiger charge is 2.20. The van der Waals surface area contributed by atoms with E-state index in [-0.39, 0.29) is 5.91 Å². The molecule has 0 radical (unpaired) electrons. The van der Waals surface area contributed by atoms with Crippen molar-refractivity contribution < 1.29 is 9.53 Å². The Labute approximate surface area is 139 Å². The maximum atomic E-state index is 12.3. The predicted octanol–water partition coefficient (Wildman–Crippen LogP) is 1.66. The molecule has 7 heteroatoms. The van der Waals surface area contributed by atoms with E-state index < -0.39 is 0 Å². The summed E-state index contributed by atoms with van der Waals surface area (Å²) < 4.78 is 5.35. The topological polar surface area (TPSA) is 67.4 Å². The number of hydrogen-bond donors (Lipinski definition) is 1. The van der Waals surface area contributed by atoms with Gasteiger partial charge in [0.15, 0.2) is 5.13 Å². The zero-order chi connectivity index (χ0) is 16.1. The minimum Gasteiger partial charge on any atom is -0.378 e. The van der Waals surface area contributed by atoms with Gasteiger partial charge in [0.25, 0.3) is 5.91 Å². The highest BCUT2D eigenvalue weighted by molar-refractivity contribution is 7.17. The number of ether oxygens (including phenoxy) is 1. The van der Waals surface area contributed by atoms with Crippen molar-refractivity contribution in [3.05, 3.63) is 40.7 Å². The van der Waals surface area contributed by atoms with Crippen LogP contribution in [0.5, 0.6) is 0 Å². The van der Waals surface area contributed by atoms with Crippen LogP contribution in [0.3, 0.4) is 0 Å². The second kappa shape index (κ2) is 7.52. The number of aryl methyl sites for hydroxylation is 1. The van der Waals surface area contributed by atoms with Gasteiger partial charge in [0.05, 0.1) is 18.9 Å². The lowest BCUT2D eigenvalue weighted by atomic mass is 10.2. The summed E-state index contributed by atoms with van der Waals surface area (Å²) in [5.74, 6) is -0.0598. The highest BCUT2D eigenvalue weighted by Crippen LogP contribution is 2.26. The second-order valence-corrected chi connectivity index (χ2v) is 6.31. The van der Waals surface area contributed by atoms with Crippen LogP contribution in [-0.4, -0.2) is 48.7 Å². The van der Waals surface area contributed by atoms with Crippen LogP contribution in [0.1, 0.15) is 21.1 Å². The number of anilines is 1. The van der Waals surface area contributed by atoms with Gasteiger partial charge in [-0.15, -0.1) is 0 Å². The van der Waals surface area contributed by atoms with Crippen LogP contribution in [0, 0.1) is 6.92 Å². The molecule has 0 saturated carbocycles. The predicted molar refractivity (Wildman–Crippen MR) is 90.2 cm³/mol. The molecule has 1 N–H and O–H groups in total. The molecule has 1 fully saturated rings. The van der Waals surface area contributed by atoms with Crippen molar-refractivity contribution in [2.75, 3.05) is 37.7 Å². The summed E-state index contributed by atoms with van der Waals surface area (Å²) in [5.41, 5.74) is 1.76. The lowest BCUT2D eigenvalue weighted by Gasteiger charge is -2.25. The third-order valence-electron chi connectivity index (χ3n) is 3.67. The largest absolute Gasteiger partial charge is 0.378 e. The molecule has 1 saturated heterocycles. The van der Waals surface area contributed by atoms with Crippen LogP contribution in [0.4, 0.5) is 5.13 Å². The zero-order valence-electron chi connectivity index (χ0n) is 13.1. The molecular formula is C16H20N4O2S. The van der Waals surface area contributed by atoms with Gasteiger partial charge in [-0.25, -0.2) is 4.98 Å². The molecule has 3 rings (SSSR count). The molecule has 1 amide bonds. The molecule has 0 atom stereocenters. The third kappa shape index (κ3) is 4.05. The fraction of sp³-hybridized carbons (Fsp3) is 0.438. The SMILES string of the molecule is Cc1nc(N2CCOCC2)sc1C(=O)NCCc1ccccn1. The van der Waals surface area contributed by atoms with Gasteiger partial charge in [-0.1, -0.05) is 17.4 Å². The molecule has 2 aromatic rings. The number of nitrogens with one attached hydrogen (secondary N) is 1. The molecule has 0 unspecified atom stereocenters. The number of nitrogens with zero attached hydrogens (tertiary/aromatic N) is 3. The normalized spacial score (nSPS) is 14.7. The number of pyridine rings is 1. The van der Waals surface area contributed by atoms with E-state index in [1.54, 1.807) is 6.20 Å². The van der Waals surface area contributed by atoms with E-state index in [9.17, 15) is 4.79 Å². The van der Waals surface area contributed by atoms with E-state index in [1.807, 2.05) is 25.1 Å². The van der Waals surface area contributed by atoms with Gasteiger partial charge in [0.2, 0.25) is 0 Å². The summed E-state index contributed by atoms with van der Waals surface area (Å²) in [6.07, 6.45) is 2.49. The van der Waals surface area contributed by atoms with Gasteiger partial charge in [-0.05, 0) is 19.1 Å². The van der Waals surface area contributed by atoms with E-state index in [0.29, 0.717) is 24.6 Å². The summed E-state index contributed by atoms with van der Waals surface area (Å²) in [6, 6.07) is 5.79. The molecule has 0 aromatic carbocycles. The van der Waals surface area contributed by atoms with Crippen LogP contribution >= 0.6 is 11.3 Å². The fourth-order valence-corrected chi connectivity index (χ4v) is 3.45. The Kier molecular flexibility index (Phi) is 5.19. The number of aromatic nitrogens is 2. The van der Waals surface area contributed by atoms with Crippen molar-refractivity contribution in [3.63, 3.8) is 0 Å². The van der Waals surface area contributed by atoms with Crippen molar-refractivity contribution in [1.29, 1.82) is 0 Å². The summed E-state index contributed by atoms with van der Waals surface area (Å²) in [5, 5.41) is 3.86. The number of carbonyl (C=O) groups excluding carboxylic acids is 1. The first-order valence-electron chi connectivity index (χ1n) is 7.72. The number of carbonyl (C=O) groups is 1. The van der Waals surface area contributed by atoms with Gasteiger partial charge in [-0.2, -0.15) is 0 Å². The molecule has 23 heavy (non-hydrogen) atoms. The smallest absolute Gasteiger partial charge is 0.263 e. The molecule has 0 spiro atoms. The Hall–Kier alpha value is -1.99. The third-order valence-corrected chi connectivity index (χ3v) is 4.88. The molecule has 2 aromatic heterocycles. The Balaban J connectivity index is 1.57. The number of thiazole rings is 1. The van der Waals surface area contributed by atoms with Crippen LogP contribution in [0.2, 0.25) is 0 Å². The van der Waals surface area contributed by atoms with E-state index in [0.717, 1.165) is 36.0 Å². The molecule has 0 bridgehead atoms. The summed E-state index contributed by atoms with van der Waals surface area (Å²) >= 11 is 1.45. The monoisotopic (exact) mass is 332 g/mol. The maximum Gasteiger partial charge on any atom is 0.263 e. The van der Waals surface area contributed by atoms with Crippen LogP contribution in [0.15, 0.2) is 24.4 Å². The molecule has 122 valence electrons. The molecule has 3 heterocycles.